The van der Waals surface area contributed by atoms with E-state index in [2.05, 4.69) is 21.4 Å². The lowest BCUT2D eigenvalue weighted by Gasteiger charge is -2.08. The van der Waals surface area contributed by atoms with Crippen LogP contribution in [-0.2, 0) is 6.16 Å². The normalized spacial score (nSPS) is 10.2. The van der Waals surface area contributed by atoms with Crippen molar-refractivity contribution in [3.8, 4) is 11.5 Å². The van der Waals surface area contributed by atoms with Gasteiger partial charge in [0.1, 0.15) is 11.5 Å². The van der Waals surface area contributed by atoms with Crippen molar-refractivity contribution in [2.24, 2.45) is 0 Å². The van der Waals surface area contributed by atoms with Crippen LogP contribution in [0.5, 0.6) is 11.5 Å². The van der Waals surface area contributed by atoms with Gasteiger partial charge in [0.05, 0.1) is 13.2 Å². The summed E-state index contributed by atoms with van der Waals surface area (Å²) in [5.74, 6) is 1.87. The Kier molecular flexibility index (Phi) is 6.40. The van der Waals surface area contributed by atoms with E-state index in [9.17, 15) is 0 Å². The Morgan fingerprint density at radius 1 is 0.700 bits per heavy atom. The topological polar surface area (TPSA) is 18.5 Å². The summed E-state index contributed by atoms with van der Waals surface area (Å²) in [7, 11) is 2.72. The molecule has 0 saturated heterocycles. The molecule has 2 aromatic rings. The van der Waals surface area contributed by atoms with Crippen LogP contribution in [0.3, 0.4) is 0 Å². The molecule has 1 unspecified atom stereocenters. The van der Waals surface area contributed by atoms with Gasteiger partial charge in [-0.15, -0.1) is 9.24 Å². The molecule has 0 fully saturated rings. The Balaban J connectivity index is 1.57. The molecule has 3 heteroatoms. The van der Waals surface area contributed by atoms with Crippen molar-refractivity contribution in [2.75, 3.05) is 13.2 Å². The SMILES string of the molecule is PCc1ccc(OCCCCOc2ccccc2)cc1. The van der Waals surface area contributed by atoms with Gasteiger partial charge in [-0.3, -0.25) is 0 Å². The summed E-state index contributed by atoms with van der Waals surface area (Å²) in [5.41, 5.74) is 1.30. The average Bonchev–Trinajstić information content (AvgIpc) is 2.52. The van der Waals surface area contributed by atoms with Crippen molar-refractivity contribution in [3.63, 3.8) is 0 Å². The third-order valence-corrected chi connectivity index (χ3v) is 3.45. The molecular formula is C17H21O2P. The van der Waals surface area contributed by atoms with Crippen molar-refractivity contribution < 1.29 is 9.47 Å². The predicted molar refractivity (Wildman–Crippen MR) is 86.5 cm³/mol. The minimum Gasteiger partial charge on any atom is -0.494 e. The van der Waals surface area contributed by atoms with E-state index >= 15 is 0 Å². The predicted octanol–water partition coefficient (Wildman–Crippen LogP) is 4.30. The molecule has 0 bridgehead atoms. The zero-order chi connectivity index (χ0) is 14.0. The molecule has 0 aliphatic heterocycles. The van der Waals surface area contributed by atoms with Gasteiger partial charge in [0.15, 0.2) is 0 Å². The first-order valence-corrected chi connectivity index (χ1v) is 7.80. The van der Waals surface area contributed by atoms with Gasteiger partial charge in [-0.05, 0) is 48.8 Å². The van der Waals surface area contributed by atoms with Crippen molar-refractivity contribution in [2.45, 2.75) is 19.0 Å². The number of hydrogen-bond acceptors (Lipinski definition) is 2. The number of ether oxygens (including phenoxy) is 2. The Hall–Kier alpha value is -1.53. The molecule has 2 rings (SSSR count). The summed E-state index contributed by atoms with van der Waals surface area (Å²) in [4.78, 5) is 0. The van der Waals surface area contributed by atoms with Crippen LogP contribution >= 0.6 is 9.24 Å². The van der Waals surface area contributed by atoms with Crippen LogP contribution in [0.2, 0.25) is 0 Å². The van der Waals surface area contributed by atoms with Gasteiger partial charge in [0, 0.05) is 0 Å². The molecule has 0 aliphatic carbocycles. The summed E-state index contributed by atoms with van der Waals surface area (Å²) in [6, 6.07) is 18.2. The maximum atomic E-state index is 5.70. The third-order valence-electron chi connectivity index (χ3n) is 2.98. The standard InChI is InChI=1S/C17H21O2P/c20-14-15-8-10-17(11-9-15)19-13-5-4-12-18-16-6-2-1-3-7-16/h1-3,6-11H,4-5,12-14,20H2. The molecule has 0 N–H and O–H groups in total. The van der Waals surface area contributed by atoms with Crippen molar-refractivity contribution in [3.05, 3.63) is 60.2 Å². The van der Waals surface area contributed by atoms with Crippen LogP contribution < -0.4 is 9.47 Å². The highest BCUT2D eigenvalue weighted by molar-refractivity contribution is 7.15. The fourth-order valence-corrected chi connectivity index (χ4v) is 2.09. The van der Waals surface area contributed by atoms with Crippen molar-refractivity contribution in [1.82, 2.24) is 0 Å². The summed E-state index contributed by atoms with van der Waals surface area (Å²) < 4.78 is 11.3. The van der Waals surface area contributed by atoms with Gasteiger partial charge < -0.3 is 9.47 Å². The summed E-state index contributed by atoms with van der Waals surface area (Å²) >= 11 is 0. The molecule has 2 nitrogen and oxygen atoms in total. The Morgan fingerprint density at radius 2 is 1.25 bits per heavy atom. The van der Waals surface area contributed by atoms with Crippen LogP contribution in [-0.4, -0.2) is 13.2 Å². The first-order chi connectivity index (χ1) is 9.88. The van der Waals surface area contributed by atoms with E-state index < -0.39 is 0 Å². The van der Waals surface area contributed by atoms with Crippen LogP contribution in [0.4, 0.5) is 0 Å². The number of benzene rings is 2. The minimum absolute atomic E-state index is 0.734. The van der Waals surface area contributed by atoms with E-state index in [1.165, 1.54) is 5.56 Å². The van der Waals surface area contributed by atoms with E-state index in [1.54, 1.807) is 0 Å². The second kappa shape index (κ2) is 8.60. The maximum absolute atomic E-state index is 5.70. The zero-order valence-corrected chi connectivity index (χ0v) is 12.8. The minimum atomic E-state index is 0.734. The molecule has 0 aromatic heterocycles. The van der Waals surface area contributed by atoms with Crippen LogP contribution in [0.1, 0.15) is 18.4 Å². The molecule has 0 spiro atoms. The molecule has 0 radical (unpaired) electrons. The number of unbranched alkanes of at least 4 members (excludes halogenated alkanes) is 1. The van der Waals surface area contributed by atoms with Crippen LogP contribution in [0, 0.1) is 0 Å². The Bertz CT molecular complexity index is 482. The van der Waals surface area contributed by atoms with Gasteiger partial charge >= 0.3 is 0 Å². The maximum Gasteiger partial charge on any atom is 0.119 e. The largest absolute Gasteiger partial charge is 0.494 e. The lowest BCUT2D eigenvalue weighted by molar-refractivity contribution is 0.266. The zero-order valence-electron chi connectivity index (χ0n) is 11.6. The Labute approximate surface area is 123 Å². The van der Waals surface area contributed by atoms with Gasteiger partial charge in [0.2, 0.25) is 0 Å². The number of rotatable bonds is 8. The molecular weight excluding hydrogens is 267 g/mol. The lowest BCUT2D eigenvalue weighted by atomic mass is 10.2. The summed E-state index contributed by atoms with van der Waals surface area (Å²) in [5, 5.41) is 0. The van der Waals surface area contributed by atoms with E-state index in [1.807, 2.05) is 42.5 Å². The van der Waals surface area contributed by atoms with Gasteiger partial charge in [-0.2, -0.15) is 0 Å². The summed E-state index contributed by atoms with van der Waals surface area (Å²) in [6.45, 7) is 1.47. The van der Waals surface area contributed by atoms with Gasteiger partial charge in [-0.1, -0.05) is 30.3 Å². The fraction of sp³-hybridized carbons (Fsp3) is 0.294. The lowest BCUT2D eigenvalue weighted by Crippen LogP contribution is -2.02. The van der Waals surface area contributed by atoms with Gasteiger partial charge in [-0.25, -0.2) is 0 Å². The Morgan fingerprint density at radius 3 is 1.80 bits per heavy atom. The van der Waals surface area contributed by atoms with E-state index in [0.29, 0.717) is 0 Å². The second-order valence-electron chi connectivity index (χ2n) is 4.57. The van der Waals surface area contributed by atoms with E-state index in [-0.39, 0.29) is 0 Å². The van der Waals surface area contributed by atoms with E-state index in [0.717, 1.165) is 43.7 Å². The van der Waals surface area contributed by atoms with Gasteiger partial charge in [0.25, 0.3) is 0 Å². The fourth-order valence-electron chi connectivity index (χ4n) is 1.82. The highest BCUT2D eigenvalue weighted by Gasteiger charge is 1.96. The smallest absolute Gasteiger partial charge is 0.119 e. The number of para-hydroxylation sites is 1. The molecule has 1 atom stereocenters. The van der Waals surface area contributed by atoms with Crippen molar-refractivity contribution >= 4 is 9.24 Å². The quantitative estimate of drug-likeness (QED) is 0.532. The molecule has 0 heterocycles. The molecule has 0 saturated carbocycles. The van der Waals surface area contributed by atoms with Crippen molar-refractivity contribution in [1.29, 1.82) is 0 Å². The highest BCUT2D eigenvalue weighted by Crippen LogP contribution is 2.14. The highest BCUT2D eigenvalue weighted by atomic mass is 31.0. The molecule has 2 aromatic carbocycles. The van der Waals surface area contributed by atoms with Crippen LogP contribution in [0.25, 0.3) is 0 Å². The molecule has 0 amide bonds. The average molecular weight is 288 g/mol. The second-order valence-corrected chi connectivity index (χ2v) is 4.97. The van der Waals surface area contributed by atoms with E-state index in [4.69, 9.17) is 9.47 Å². The number of hydrogen-bond donors (Lipinski definition) is 0. The first kappa shape index (κ1) is 14.9. The third kappa shape index (κ3) is 5.22. The molecule has 0 aliphatic rings. The van der Waals surface area contributed by atoms with Crippen LogP contribution in [0.15, 0.2) is 54.6 Å². The first-order valence-electron chi connectivity index (χ1n) is 6.98. The summed E-state index contributed by atoms with van der Waals surface area (Å²) in [6.07, 6.45) is 2.98. The molecule has 106 valence electrons. The monoisotopic (exact) mass is 288 g/mol. The molecule has 20 heavy (non-hydrogen) atoms.